The molecule has 1 rings (SSSR count). The molecule has 0 spiro atoms. The Kier molecular flexibility index (Phi) is 4.44. The number of hydrogen-bond acceptors (Lipinski definition) is 4. The van der Waals surface area contributed by atoms with E-state index in [9.17, 15) is 0 Å². The molecule has 0 aliphatic carbocycles. The van der Waals surface area contributed by atoms with E-state index in [4.69, 9.17) is 9.84 Å². The van der Waals surface area contributed by atoms with E-state index >= 15 is 0 Å². The van der Waals surface area contributed by atoms with Gasteiger partial charge in [-0.1, -0.05) is 13.8 Å². The second kappa shape index (κ2) is 5.41. The first-order valence-corrected chi connectivity index (χ1v) is 5.53. The predicted octanol–water partition coefficient (Wildman–Crippen LogP) is 1.39. The first-order valence-electron chi connectivity index (χ1n) is 5.53. The van der Waals surface area contributed by atoms with Gasteiger partial charge in [0.05, 0.1) is 13.2 Å². The summed E-state index contributed by atoms with van der Waals surface area (Å²) in [6, 6.07) is 0.284. The highest BCUT2D eigenvalue weighted by atomic mass is 16.5. The van der Waals surface area contributed by atoms with E-state index in [2.05, 4.69) is 23.9 Å². The SMILES string of the molecule is CC(C)n1ncnc1COCC(C)(C)CO. The average molecular weight is 227 g/mol. The van der Waals surface area contributed by atoms with Gasteiger partial charge in [0.15, 0.2) is 5.82 Å². The van der Waals surface area contributed by atoms with Gasteiger partial charge in [0, 0.05) is 11.5 Å². The van der Waals surface area contributed by atoms with Gasteiger partial charge < -0.3 is 9.84 Å². The molecule has 0 aliphatic heterocycles. The van der Waals surface area contributed by atoms with Gasteiger partial charge in [0.1, 0.15) is 12.9 Å². The molecule has 0 aliphatic rings. The number of hydrogen-bond donors (Lipinski definition) is 1. The lowest BCUT2D eigenvalue weighted by molar-refractivity contribution is 0.0157. The number of rotatable bonds is 6. The fourth-order valence-electron chi connectivity index (χ4n) is 1.27. The van der Waals surface area contributed by atoms with Crippen molar-refractivity contribution in [3.05, 3.63) is 12.2 Å². The third-order valence-corrected chi connectivity index (χ3v) is 2.29. The summed E-state index contributed by atoms with van der Waals surface area (Å²) < 4.78 is 7.38. The first-order chi connectivity index (χ1) is 7.46. The summed E-state index contributed by atoms with van der Waals surface area (Å²) >= 11 is 0. The Morgan fingerprint density at radius 3 is 2.75 bits per heavy atom. The van der Waals surface area contributed by atoms with Crippen LogP contribution < -0.4 is 0 Å². The van der Waals surface area contributed by atoms with Crippen LogP contribution >= 0.6 is 0 Å². The van der Waals surface area contributed by atoms with Crippen LogP contribution in [0.3, 0.4) is 0 Å². The lowest BCUT2D eigenvalue weighted by Crippen LogP contribution is -2.24. The van der Waals surface area contributed by atoms with Crippen LogP contribution in [0.1, 0.15) is 39.6 Å². The Hall–Kier alpha value is -0.940. The lowest BCUT2D eigenvalue weighted by Gasteiger charge is -2.21. The second-order valence-electron chi connectivity index (χ2n) is 5.03. The van der Waals surface area contributed by atoms with E-state index in [1.165, 1.54) is 6.33 Å². The fourth-order valence-corrected chi connectivity index (χ4v) is 1.27. The third-order valence-electron chi connectivity index (χ3n) is 2.29. The quantitative estimate of drug-likeness (QED) is 0.798. The van der Waals surface area contributed by atoms with E-state index in [0.717, 1.165) is 5.82 Å². The Morgan fingerprint density at radius 1 is 1.50 bits per heavy atom. The zero-order chi connectivity index (χ0) is 12.2. The van der Waals surface area contributed by atoms with Crippen LogP contribution in [0.4, 0.5) is 0 Å². The Bertz CT molecular complexity index is 321. The standard InChI is InChI=1S/C11H21N3O2/c1-9(2)14-10(12-8-13-14)5-16-7-11(3,4)6-15/h8-9,15H,5-7H2,1-4H3. The van der Waals surface area contributed by atoms with Crippen molar-refractivity contribution >= 4 is 0 Å². The van der Waals surface area contributed by atoms with Crippen molar-refractivity contribution in [2.24, 2.45) is 5.41 Å². The van der Waals surface area contributed by atoms with E-state index < -0.39 is 0 Å². The lowest BCUT2D eigenvalue weighted by atomic mass is 9.97. The number of aliphatic hydroxyl groups excluding tert-OH is 1. The topological polar surface area (TPSA) is 60.2 Å². The van der Waals surface area contributed by atoms with Crippen molar-refractivity contribution in [2.75, 3.05) is 13.2 Å². The molecule has 1 N–H and O–H groups in total. The molecule has 0 unspecified atom stereocenters. The normalized spacial score (nSPS) is 12.4. The van der Waals surface area contributed by atoms with Crippen molar-refractivity contribution in [2.45, 2.75) is 40.3 Å². The molecule has 0 atom stereocenters. The largest absolute Gasteiger partial charge is 0.396 e. The van der Waals surface area contributed by atoms with Crippen molar-refractivity contribution < 1.29 is 9.84 Å². The summed E-state index contributed by atoms with van der Waals surface area (Å²) in [5, 5.41) is 13.2. The van der Waals surface area contributed by atoms with Crippen LogP contribution in [-0.4, -0.2) is 33.1 Å². The van der Waals surface area contributed by atoms with Gasteiger partial charge in [-0.2, -0.15) is 5.10 Å². The zero-order valence-corrected chi connectivity index (χ0v) is 10.5. The van der Waals surface area contributed by atoms with Crippen LogP contribution in [0.15, 0.2) is 6.33 Å². The summed E-state index contributed by atoms with van der Waals surface area (Å²) in [5.74, 6) is 0.823. The van der Waals surface area contributed by atoms with E-state index in [-0.39, 0.29) is 18.1 Å². The monoisotopic (exact) mass is 227 g/mol. The van der Waals surface area contributed by atoms with Gasteiger partial charge in [-0.3, -0.25) is 0 Å². The van der Waals surface area contributed by atoms with Crippen molar-refractivity contribution in [3.8, 4) is 0 Å². The average Bonchev–Trinajstić information content (AvgIpc) is 2.66. The molecule has 1 heterocycles. The van der Waals surface area contributed by atoms with Gasteiger partial charge >= 0.3 is 0 Å². The van der Waals surface area contributed by atoms with Gasteiger partial charge in [-0.05, 0) is 13.8 Å². The van der Waals surface area contributed by atoms with Crippen LogP contribution in [0.2, 0.25) is 0 Å². The van der Waals surface area contributed by atoms with Gasteiger partial charge in [-0.25, -0.2) is 9.67 Å². The molecule has 0 radical (unpaired) electrons. The minimum atomic E-state index is -0.206. The first kappa shape index (κ1) is 13.1. The number of aliphatic hydroxyl groups is 1. The molecule has 92 valence electrons. The summed E-state index contributed by atoms with van der Waals surface area (Å²) in [5.41, 5.74) is -0.206. The molecule has 0 saturated heterocycles. The van der Waals surface area contributed by atoms with Crippen molar-refractivity contribution in [1.82, 2.24) is 14.8 Å². The molecule has 16 heavy (non-hydrogen) atoms. The Labute approximate surface area is 96.5 Å². The highest BCUT2D eigenvalue weighted by Crippen LogP contribution is 2.15. The minimum absolute atomic E-state index is 0.115. The van der Waals surface area contributed by atoms with Crippen molar-refractivity contribution in [1.29, 1.82) is 0 Å². The molecule has 0 amide bonds. The highest BCUT2D eigenvalue weighted by Gasteiger charge is 2.17. The molecule has 5 heteroatoms. The summed E-state index contributed by atoms with van der Waals surface area (Å²) in [4.78, 5) is 4.15. The highest BCUT2D eigenvalue weighted by molar-refractivity contribution is 4.83. The van der Waals surface area contributed by atoms with E-state index in [1.54, 1.807) is 0 Å². The molecular weight excluding hydrogens is 206 g/mol. The maximum absolute atomic E-state index is 9.08. The molecule has 1 aromatic heterocycles. The Morgan fingerprint density at radius 2 is 2.19 bits per heavy atom. The molecule has 0 bridgehead atoms. The maximum Gasteiger partial charge on any atom is 0.153 e. The van der Waals surface area contributed by atoms with Crippen molar-refractivity contribution in [3.63, 3.8) is 0 Å². The van der Waals surface area contributed by atoms with Crippen LogP contribution in [0.5, 0.6) is 0 Å². The summed E-state index contributed by atoms with van der Waals surface area (Å²) in [7, 11) is 0. The smallest absolute Gasteiger partial charge is 0.153 e. The van der Waals surface area contributed by atoms with Crippen LogP contribution in [-0.2, 0) is 11.3 Å². The van der Waals surface area contributed by atoms with Gasteiger partial charge in [-0.15, -0.1) is 0 Å². The second-order valence-corrected chi connectivity index (χ2v) is 5.03. The third kappa shape index (κ3) is 3.57. The molecule has 0 saturated carbocycles. The van der Waals surface area contributed by atoms with Gasteiger partial charge in [0.25, 0.3) is 0 Å². The molecular formula is C11H21N3O2. The molecule has 1 aromatic rings. The zero-order valence-electron chi connectivity index (χ0n) is 10.5. The minimum Gasteiger partial charge on any atom is -0.396 e. The molecule has 0 fully saturated rings. The predicted molar refractivity (Wildman–Crippen MR) is 60.9 cm³/mol. The molecule has 0 aromatic carbocycles. The number of nitrogens with zero attached hydrogens (tertiary/aromatic N) is 3. The Balaban J connectivity index is 2.46. The number of aromatic nitrogens is 3. The van der Waals surface area contributed by atoms with Crippen LogP contribution in [0, 0.1) is 5.41 Å². The fraction of sp³-hybridized carbons (Fsp3) is 0.818. The maximum atomic E-state index is 9.08. The van der Waals surface area contributed by atoms with E-state index in [1.807, 2.05) is 18.5 Å². The summed E-state index contributed by atoms with van der Waals surface area (Å²) in [6.07, 6.45) is 1.54. The van der Waals surface area contributed by atoms with E-state index in [0.29, 0.717) is 13.2 Å². The number of ether oxygens (including phenoxy) is 1. The molecule has 5 nitrogen and oxygen atoms in total. The van der Waals surface area contributed by atoms with Crippen LogP contribution in [0.25, 0.3) is 0 Å². The van der Waals surface area contributed by atoms with Gasteiger partial charge in [0.2, 0.25) is 0 Å². The summed E-state index contributed by atoms with van der Waals surface area (Å²) in [6.45, 7) is 9.08.